The molecule has 0 bridgehead atoms. The molecule has 1 atom stereocenters. The minimum atomic E-state index is -0.262. The van der Waals surface area contributed by atoms with Crippen molar-refractivity contribution >= 4 is 23.3 Å². The van der Waals surface area contributed by atoms with Crippen LogP contribution in [0.4, 0.5) is 11.5 Å². The van der Waals surface area contributed by atoms with Gasteiger partial charge in [-0.1, -0.05) is 11.2 Å². The highest BCUT2D eigenvalue weighted by Crippen LogP contribution is 2.19. The third-order valence-electron chi connectivity index (χ3n) is 4.52. The molecule has 8 heteroatoms. The molecule has 1 unspecified atom stereocenters. The minimum Gasteiger partial charge on any atom is -0.396 e. The third kappa shape index (κ3) is 5.07. The molecule has 0 aliphatic carbocycles. The van der Waals surface area contributed by atoms with Crippen molar-refractivity contribution in [2.24, 2.45) is 5.92 Å². The molecule has 1 aromatic carbocycles. The third-order valence-corrected chi connectivity index (χ3v) is 4.52. The molecule has 1 aliphatic rings. The van der Waals surface area contributed by atoms with Crippen molar-refractivity contribution in [2.45, 2.75) is 19.8 Å². The predicted molar refractivity (Wildman–Crippen MR) is 101 cm³/mol. The van der Waals surface area contributed by atoms with Crippen molar-refractivity contribution < 1.29 is 19.2 Å². The van der Waals surface area contributed by atoms with Crippen LogP contribution in [-0.4, -0.2) is 53.2 Å². The normalized spacial score (nSPS) is 16.8. The van der Waals surface area contributed by atoms with Crippen molar-refractivity contribution in [3.05, 3.63) is 41.7 Å². The molecule has 3 rings (SSSR count). The molecule has 0 radical (unpaired) electrons. The van der Waals surface area contributed by atoms with Crippen LogP contribution in [0.5, 0.6) is 0 Å². The van der Waals surface area contributed by atoms with Gasteiger partial charge in [0.25, 0.3) is 5.91 Å². The summed E-state index contributed by atoms with van der Waals surface area (Å²) in [6.45, 7) is 3.17. The van der Waals surface area contributed by atoms with Gasteiger partial charge in [-0.2, -0.15) is 0 Å². The predicted octanol–water partition coefficient (Wildman–Crippen LogP) is 1.88. The summed E-state index contributed by atoms with van der Waals surface area (Å²) in [6, 6.07) is 8.71. The first-order valence-corrected chi connectivity index (χ1v) is 9.02. The molecule has 1 aliphatic heterocycles. The average molecular weight is 372 g/mol. The zero-order chi connectivity index (χ0) is 19.2. The van der Waals surface area contributed by atoms with E-state index in [1.165, 1.54) is 0 Å². The molecule has 0 saturated carbocycles. The SMILES string of the molecule is Cc1cc(NC(=O)CNc2cccc(C(=O)N3CCCC(CO)C3)c2)no1. The van der Waals surface area contributed by atoms with Crippen molar-refractivity contribution in [2.75, 3.05) is 36.9 Å². The van der Waals surface area contributed by atoms with Crippen LogP contribution >= 0.6 is 0 Å². The molecule has 1 fully saturated rings. The molecule has 2 amide bonds. The van der Waals surface area contributed by atoms with Gasteiger partial charge >= 0.3 is 0 Å². The maximum absolute atomic E-state index is 12.7. The first-order valence-electron chi connectivity index (χ1n) is 9.02. The van der Waals surface area contributed by atoms with E-state index in [0.29, 0.717) is 35.9 Å². The van der Waals surface area contributed by atoms with Crippen molar-refractivity contribution in [3.63, 3.8) is 0 Å². The Morgan fingerprint density at radius 2 is 2.22 bits per heavy atom. The number of aliphatic hydroxyl groups excluding tert-OH is 1. The van der Waals surface area contributed by atoms with Crippen molar-refractivity contribution in [3.8, 4) is 0 Å². The van der Waals surface area contributed by atoms with E-state index >= 15 is 0 Å². The van der Waals surface area contributed by atoms with Crippen LogP contribution in [0.2, 0.25) is 0 Å². The number of piperidine rings is 1. The number of aliphatic hydroxyl groups is 1. The molecule has 0 spiro atoms. The Morgan fingerprint density at radius 3 is 2.96 bits per heavy atom. The molecule has 1 saturated heterocycles. The van der Waals surface area contributed by atoms with Gasteiger partial charge in [0, 0.05) is 37.0 Å². The quantitative estimate of drug-likeness (QED) is 0.715. The number of hydrogen-bond donors (Lipinski definition) is 3. The van der Waals surface area contributed by atoms with Crippen LogP contribution < -0.4 is 10.6 Å². The van der Waals surface area contributed by atoms with Gasteiger partial charge in [-0.05, 0) is 43.9 Å². The van der Waals surface area contributed by atoms with Gasteiger partial charge in [0.2, 0.25) is 5.91 Å². The molecule has 1 aromatic heterocycles. The molecule has 2 heterocycles. The van der Waals surface area contributed by atoms with E-state index < -0.39 is 0 Å². The standard InChI is InChI=1S/C19H24N4O4/c1-13-8-17(22-27-13)21-18(25)10-20-16-6-2-5-15(9-16)19(26)23-7-3-4-14(11-23)12-24/h2,5-6,8-9,14,20,24H,3-4,7,10-12H2,1H3,(H,21,22,25). The molecular weight excluding hydrogens is 348 g/mol. The fourth-order valence-corrected chi connectivity index (χ4v) is 3.14. The molecule has 2 aromatic rings. The monoisotopic (exact) mass is 372 g/mol. The Balaban J connectivity index is 1.56. The summed E-state index contributed by atoms with van der Waals surface area (Å²) < 4.78 is 4.90. The van der Waals surface area contributed by atoms with Gasteiger partial charge in [0.05, 0.1) is 6.54 Å². The lowest BCUT2D eigenvalue weighted by molar-refractivity contribution is -0.114. The van der Waals surface area contributed by atoms with Gasteiger partial charge in [0.1, 0.15) is 5.76 Å². The van der Waals surface area contributed by atoms with Gasteiger partial charge < -0.3 is 25.2 Å². The second-order valence-corrected chi connectivity index (χ2v) is 6.75. The van der Waals surface area contributed by atoms with E-state index in [2.05, 4.69) is 15.8 Å². The molecule has 8 nitrogen and oxygen atoms in total. The number of benzene rings is 1. The van der Waals surface area contributed by atoms with Crippen LogP contribution in [-0.2, 0) is 4.79 Å². The maximum atomic E-state index is 12.7. The van der Waals surface area contributed by atoms with Crippen LogP contribution in [0.25, 0.3) is 0 Å². The van der Waals surface area contributed by atoms with Crippen molar-refractivity contribution in [1.82, 2.24) is 10.1 Å². The first-order chi connectivity index (χ1) is 13.0. The Hall–Kier alpha value is -2.87. The fourth-order valence-electron chi connectivity index (χ4n) is 3.14. The Morgan fingerprint density at radius 1 is 1.37 bits per heavy atom. The molecule has 27 heavy (non-hydrogen) atoms. The second-order valence-electron chi connectivity index (χ2n) is 6.75. The van der Waals surface area contributed by atoms with Crippen LogP contribution in [0.1, 0.15) is 29.0 Å². The number of nitrogens with one attached hydrogen (secondary N) is 2. The minimum absolute atomic E-state index is 0.0415. The Kier molecular flexibility index (Phi) is 6.08. The Bertz CT molecular complexity index is 805. The highest BCUT2D eigenvalue weighted by atomic mass is 16.5. The summed E-state index contributed by atoms with van der Waals surface area (Å²) in [4.78, 5) is 26.5. The van der Waals surface area contributed by atoms with Crippen LogP contribution in [0.15, 0.2) is 34.9 Å². The summed E-state index contributed by atoms with van der Waals surface area (Å²) in [5, 5.41) is 18.7. The topological polar surface area (TPSA) is 108 Å². The van der Waals surface area contributed by atoms with Gasteiger partial charge in [-0.25, -0.2) is 0 Å². The average Bonchev–Trinajstić information content (AvgIpc) is 3.10. The summed E-state index contributed by atoms with van der Waals surface area (Å²) in [5.41, 5.74) is 1.24. The smallest absolute Gasteiger partial charge is 0.253 e. The first kappa shape index (κ1) is 18.9. The number of hydrogen-bond acceptors (Lipinski definition) is 6. The van der Waals surface area contributed by atoms with Crippen molar-refractivity contribution in [1.29, 1.82) is 0 Å². The number of aromatic nitrogens is 1. The highest BCUT2D eigenvalue weighted by molar-refractivity contribution is 5.96. The van der Waals surface area contributed by atoms with Gasteiger partial charge in [-0.15, -0.1) is 0 Å². The largest absolute Gasteiger partial charge is 0.396 e. The molecule has 144 valence electrons. The van der Waals surface area contributed by atoms with E-state index in [9.17, 15) is 14.7 Å². The lowest BCUT2D eigenvalue weighted by Crippen LogP contribution is -2.40. The van der Waals surface area contributed by atoms with Crippen LogP contribution in [0.3, 0.4) is 0 Å². The summed E-state index contributed by atoms with van der Waals surface area (Å²) in [7, 11) is 0. The number of rotatable bonds is 6. The zero-order valence-electron chi connectivity index (χ0n) is 15.3. The Labute approximate surface area is 157 Å². The van der Waals surface area contributed by atoms with E-state index in [4.69, 9.17) is 4.52 Å². The lowest BCUT2D eigenvalue weighted by Gasteiger charge is -2.32. The highest BCUT2D eigenvalue weighted by Gasteiger charge is 2.24. The number of aryl methyl sites for hydroxylation is 1. The number of anilines is 2. The zero-order valence-corrected chi connectivity index (χ0v) is 15.3. The fraction of sp³-hybridized carbons (Fsp3) is 0.421. The van der Waals surface area contributed by atoms with E-state index in [1.807, 2.05) is 0 Å². The van der Waals surface area contributed by atoms with Crippen LogP contribution in [0, 0.1) is 12.8 Å². The molecular formula is C19H24N4O4. The van der Waals surface area contributed by atoms with E-state index in [-0.39, 0.29) is 30.9 Å². The molecule has 3 N–H and O–H groups in total. The van der Waals surface area contributed by atoms with E-state index in [0.717, 1.165) is 12.8 Å². The second kappa shape index (κ2) is 8.68. The number of carbonyl (C=O) groups excluding carboxylic acids is 2. The number of nitrogens with zero attached hydrogens (tertiary/aromatic N) is 2. The van der Waals surface area contributed by atoms with E-state index in [1.54, 1.807) is 42.2 Å². The number of amides is 2. The van der Waals surface area contributed by atoms with Gasteiger partial charge in [0.15, 0.2) is 5.82 Å². The lowest BCUT2D eigenvalue weighted by atomic mass is 9.98. The maximum Gasteiger partial charge on any atom is 0.253 e. The van der Waals surface area contributed by atoms with Gasteiger partial charge in [-0.3, -0.25) is 9.59 Å². The number of likely N-dealkylation sites (tertiary alicyclic amines) is 1. The summed E-state index contributed by atoms with van der Waals surface area (Å²) in [6.07, 6.45) is 1.85. The summed E-state index contributed by atoms with van der Waals surface area (Å²) in [5.74, 6) is 0.812. The summed E-state index contributed by atoms with van der Waals surface area (Å²) >= 11 is 0. The number of carbonyl (C=O) groups is 2.